The fraction of sp³-hybridized carbons (Fsp3) is 0. The van der Waals surface area contributed by atoms with E-state index in [1.54, 1.807) is 24.5 Å². The molecule has 0 fully saturated rings. The van der Waals surface area contributed by atoms with E-state index < -0.39 is 0 Å². The Morgan fingerprint density at radius 2 is 1.93 bits per heavy atom. The van der Waals surface area contributed by atoms with Crippen molar-refractivity contribution < 1.29 is 0 Å². The van der Waals surface area contributed by atoms with E-state index in [1.165, 1.54) is 0 Å². The minimum absolute atomic E-state index is 0.565. The molecule has 0 aliphatic carbocycles. The van der Waals surface area contributed by atoms with Gasteiger partial charge in [0.25, 0.3) is 0 Å². The van der Waals surface area contributed by atoms with Crippen molar-refractivity contribution in [1.29, 1.82) is 0 Å². The molecule has 0 atom stereocenters. The molecule has 2 rings (SSSR count). The van der Waals surface area contributed by atoms with Crippen molar-refractivity contribution in [3.63, 3.8) is 0 Å². The highest BCUT2D eigenvalue weighted by molar-refractivity contribution is 9.10. The van der Waals surface area contributed by atoms with Crippen molar-refractivity contribution in [2.75, 3.05) is 0 Å². The minimum Gasteiger partial charge on any atom is -0.260 e. The molecule has 0 aliphatic heterocycles. The molecule has 2 aromatic rings. The number of rotatable bonds is 1. The van der Waals surface area contributed by atoms with Crippen LogP contribution < -0.4 is 0 Å². The van der Waals surface area contributed by atoms with Crippen molar-refractivity contribution in [1.82, 2.24) is 9.97 Å². The van der Waals surface area contributed by atoms with Crippen LogP contribution in [0.1, 0.15) is 0 Å². The molecule has 0 amide bonds. The van der Waals surface area contributed by atoms with Crippen LogP contribution in [0.5, 0.6) is 0 Å². The number of halogens is 3. The van der Waals surface area contributed by atoms with Crippen LogP contribution in [-0.2, 0) is 0 Å². The second-order valence-corrected chi connectivity index (χ2v) is 4.51. The van der Waals surface area contributed by atoms with E-state index in [4.69, 9.17) is 23.2 Å². The summed E-state index contributed by atoms with van der Waals surface area (Å²) >= 11 is 15.1. The molecule has 15 heavy (non-hydrogen) atoms. The van der Waals surface area contributed by atoms with Gasteiger partial charge in [-0.2, -0.15) is 0 Å². The van der Waals surface area contributed by atoms with Crippen LogP contribution in [0.3, 0.4) is 0 Å². The molecule has 0 unspecified atom stereocenters. The van der Waals surface area contributed by atoms with Gasteiger partial charge < -0.3 is 0 Å². The molecule has 0 saturated heterocycles. The van der Waals surface area contributed by atoms with Gasteiger partial charge in [0.1, 0.15) is 4.60 Å². The van der Waals surface area contributed by atoms with Crippen molar-refractivity contribution in [3.8, 4) is 11.3 Å². The molecule has 0 radical (unpaired) electrons. The summed E-state index contributed by atoms with van der Waals surface area (Å²) in [7, 11) is 0. The topological polar surface area (TPSA) is 25.8 Å². The molecule has 1 heterocycles. The van der Waals surface area contributed by atoms with Gasteiger partial charge in [-0.3, -0.25) is 4.98 Å². The Hall–Kier alpha value is -0.640. The second kappa shape index (κ2) is 4.47. The Bertz CT molecular complexity index is 503. The zero-order chi connectivity index (χ0) is 10.8. The van der Waals surface area contributed by atoms with Gasteiger partial charge in [0.15, 0.2) is 0 Å². The maximum atomic E-state index is 6.05. The Kier molecular flexibility index (Phi) is 3.24. The van der Waals surface area contributed by atoms with Crippen LogP contribution in [0.25, 0.3) is 11.3 Å². The summed E-state index contributed by atoms with van der Waals surface area (Å²) in [5.41, 5.74) is 1.53. The zero-order valence-corrected chi connectivity index (χ0v) is 10.5. The molecule has 0 spiro atoms. The van der Waals surface area contributed by atoms with Gasteiger partial charge in [-0.1, -0.05) is 23.2 Å². The number of hydrogen-bond acceptors (Lipinski definition) is 2. The number of nitrogens with zero attached hydrogens (tertiary/aromatic N) is 2. The van der Waals surface area contributed by atoms with Crippen LogP contribution in [0.2, 0.25) is 10.0 Å². The predicted molar refractivity (Wildman–Crippen MR) is 65.2 cm³/mol. The van der Waals surface area contributed by atoms with E-state index in [9.17, 15) is 0 Å². The van der Waals surface area contributed by atoms with E-state index >= 15 is 0 Å². The third-order valence-corrected chi connectivity index (χ3v) is 2.74. The summed E-state index contributed by atoms with van der Waals surface area (Å²) in [5.74, 6) is 0. The molecule has 76 valence electrons. The molecular formula is C10H5BrCl2N2. The third-order valence-electron chi connectivity index (χ3n) is 1.81. The normalized spacial score (nSPS) is 10.3. The molecular weight excluding hydrogens is 299 g/mol. The molecule has 1 aromatic carbocycles. The summed E-state index contributed by atoms with van der Waals surface area (Å²) in [5, 5.41) is 1.17. The number of benzene rings is 1. The quantitative estimate of drug-likeness (QED) is 0.788. The summed E-state index contributed by atoms with van der Waals surface area (Å²) in [6.07, 6.45) is 3.27. The SMILES string of the molecule is Clc1ccc(-c2cncc(Br)n2)c(Cl)c1. The van der Waals surface area contributed by atoms with Gasteiger partial charge in [-0.15, -0.1) is 0 Å². The van der Waals surface area contributed by atoms with Crippen molar-refractivity contribution in [3.05, 3.63) is 45.2 Å². The van der Waals surface area contributed by atoms with Crippen LogP contribution >= 0.6 is 39.1 Å². The Balaban J connectivity index is 2.54. The summed E-state index contributed by atoms with van der Waals surface area (Å²) in [4.78, 5) is 8.28. The van der Waals surface area contributed by atoms with Gasteiger partial charge in [-0.05, 0) is 34.1 Å². The lowest BCUT2D eigenvalue weighted by Crippen LogP contribution is -1.87. The highest BCUT2D eigenvalue weighted by atomic mass is 79.9. The highest BCUT2D eigenvalue weighted by Gasteiger charge is 2.06. The highest BCUT2D eigenvalue weighted by Crippen LogP contribution is 2.29. The lowest BCUT2D eigenvalue weighted by atomic mass is 10.2. The first-order valence-corrected chi connectivity index (χ1v) is 5.64. The Morgan fingerprint density at radius 3 is 2.60 bits per heavy atom. The van der Waals surface area contributed by atoms with E-state index in [0.717, 1.165) is 5.56 Å². The predicted octanol–water partition coefficient (Wildman–Crippen LogP) is 4.21. The van der Waals surface area contributed by atoms with E-state index in [1.807, 2.05) is 6.07 Å². The van der Waals surface area contributed by atoms with Gasteiger partial charge in [0.2, 0.25) is 0 Å². The van der Waals surface area contributed by atoms with E-state index in [0.29, 0.717) is 20.3 Å². The zero-order valence-electron chi connectivity index (χ0n) is 7.42. The first-order valence-electron chi connectivity index (χ1n) is 4.10. The van der Waals surface area contributed by atoms with Gasteiger partial charge in [0.05, 0.1) is 23.1 Å². The smallest absolute Gasteiger partial charge is 0.125 e. The van der Waals surface area contributed by atoms with E-state index in [-0.39, 0.29) is 0 Å². The molecule has 0 saturated carbocycles. The summed E-state index contributed by atoms with van der Waals surface area (Å²) in [6, 6.07) is 5.27. The monoisotopic (exact) mass is 302 g/mol. The Morgan fingerprint density at radius 1 is 1.13 bits per heavy atom. The maximum Gasteiger partial charge on any atom is 0.125 e. The first kappa shape index (κ1) is 10.9. The van der Waals surface area contributed by atoms with Crippen LogP contribution in [0, 0.1) is 0 Å². The standard InChI is InChI=1S/C10H5BrCl2N2/c11-10-5-14-4-9(15-10)7-2-1-6(12)3-8(7)13/h1-5H. The van der Waals surface area contributed by atoms with Gasteiger partial charge in [-0.25, -0.2) is 4.98 Å². The van der Waals surface area contributed by atoms with E-state index in [2.05, 4.69) is 25.9 Å². The average molecular weight is 304 g/mol. The molecule has 5 heteroatoms. The second-order valence-electron chi connectivity index (χ2n) is 2.85. The fourth-order valence-corrected chi connectivity index (χ4v) is 1.98. The van der Waals surface area contributed by atoms with Gasteiger partial charge >= 0.3 is 0 Å². The minimum atomic E-state index is 0.565. The first-order chi connectivity index (χ1) is 7.16. The summed E-state index contributed by atoms with van der Waals surface area (Å²) in [6.45, 7) is 0. The average Bonchev–Trinajstić information content (AvgIpc) is 2.17. The lowest BCUT2D eigenvalue weighted by Gasteiger charge is -2.03. The maximum absolute atomic E-state index is 6.05. The lowest BCUT2D eigenvalue weighted by molar-refractivity contribution is 1.17. The molecule has 0 N–H and O–H groups in total. The number of hydrogen-bond donors (Lipinski definition) is 0. The van der Waals surface area contributed by atoms with Crippen LogP contribution in [0.15, 0.2) is 35.2 Å². The molecule has 1 aromatic heterocycles. The van der Waals surface area contributed by atoms with Gasteiger partial charge in [0, 0.05) is 10.6 Å². The molecule has 0 bridgehead atoms. The largest absolute Gasteiger partial charge is 0.260 e. The van der Waals surface area contributed by atoms with Crippen molar-refractivity contribution >= 4 is 39.1 Å². The molecule has 0 aliphatic rings. The fourth-order valence-electron chi connectivity index (χ4n) is 1.17. The Labute approximate surface area is 105 Å². The van der Waals surface area contributed by atoms with Crippen molar-refractivity contribution in [2.45, 2.75) is 0 Å². The number of aromatic nitrogens is 2. The van der Waals surface area contributed by atoms with Crippen molar-refractivity contribution in [2.24, 2.45) is 0 Å². The third kappa shape index (κ3) is 2.48. The molecule has 2 nitrogen and oxygen atoms in total. The van der Waals surface area contributed by atoms with Crippen LogP contribution in [-0.4, -0.2) is 9.97 Å². The van der Waals surface area contributed by atoms with Crippen LogP contribution in [0.4, 0.5) is 0 Å². The summed E-state index contributed by atoms with van der Waals surface area (Å²) < 4.78 is 0.672.